The van der Waals surface area contributed by atoms with Crippen molar-refractivity contribution in [2.75, 3.05) is 13.2 Å². The van der Waals surface area contributed by atoms with Crippen LogP contribution in [0.3, 0.4) is 0 Å². The highest BCUT2D eigenvalue weighted by Crippen LogP contribution is 2.47. The fourth-order valence-corrected chi connectivity index (χ4v) is 7.71. The largest absolute Gasteiger partial charge is 0.472 e. The van der Waals surface area contributed by atoms with E-state index in [2.05, 4.69) is 62.5 Å². The van der Waals surface area contributed by atoms with Crippen LogP contribution in [0.15, 0.2) is 72.9 Å². The van der Waals surface area contributed by atoms with Crippen LogP contribution in [-0.2, 0) is 32.7 Å². The summed E-state index contributed by atoms with van der Waals surface area (Å²) in [5.41, 5.74) is 0. The second-order valence-corrected chi connectivity index (χ2v) is 17.8. The topological polar surface area (TPSA) is 230 Å². The number of esters is 2. The van der Waals surface area contributed by atoms with Crippen LogP contribution in [0.5, 0.6) is 0 Å². The third-order valence-corrected chi connectivity index (χ3v) is 11.6. The number of ether oxygens (including phenoxy) is 2. The van der Waals surface area contributed by atoms with E-state index >= 15 is 0 Å². The van der Waals surface area contributed by atoms with Crippen LogP contribution in [0.2, 0.25) is 0 Å². The Hall–Kier alpha value is -2.75. The van der Waals surface area contributed by atoms with Gasteiger partial charge in [-0.25, -0.2) is 4.57 Å². The highest BCUT2D eigenvalue weighted by atomic mass is 31.2. The summed E-state index contributed by atoms with van der Waals surface area (Å²) in [5.74, 6) is -1.20. The number of phosphoric ester groups is 1. The molecule has 15 heteroatoms. The van der Waals surface area contributed by atoms with Crippen molar-refractivity contribution in [1.29, 1.82) is 0 Å². The SMILES string of the molecule is CCCCC/C=C\C/C=C\CCCCCCCCCC(=O)OC[C@H](COP(=O)(O)OC1[C@H](O)[C@H](O)C(O)[C@H](O)[C@H]1O)OC(=O)CCC/C=C\C/C=C\C/C=C\C/C=C\CC(O)CCC. The first-order valence-electron chi connectivity index (χ1n) is 23.8. The molecule has 1 aliphatic rings. The molecule has 368 valence electrons. The Morgan fingerprint density at radius 1 is 0.547 bits per heavy atom. The molecule has 4 unspecified atom stereocenters. The predicted molar refractivity (Wildman–Crippen MR) is 250 cm³/mol. The van der Waals surface area contributed by atoms with Gasteiger partial charge in [0, 0.05) is 12.8 Å². The van der Waals surface area contributed by atoms with Gasteiger partial charge in [-0.1, -0.05) is 138 Å². The zero-order valence-electron chi connectivity index (χ0n) is 38.7. The van der Waals surface area contributed by atoms with Gasteiger partial charge in [0.2, 0.25) is 0 Å². The number of phosphoric acid groups is 1. The fourth-order valence-electron chi connectivity index (χ4n) is 6.74. The van der Waals surface area contributed by atoms with Crippen LogP contribution < -0.4 is 0 Å². The maximum Gasteiger partial charge on any atom is 0.472 e. The maximum atomic E-state index is 12.8. The molecule has 9 atom stereocenters. The van der Waals surface area contributed by atoms with E-state index in [0.717, 1.165) is 89.9 Å². The van der Waals surface area contributed by atoms with Gasteiger partial charge in [-0.05, 0) is 83.5 Å². The van der Waals surface area contributed by atoms with Crippen molar-refractivity contribution < 1.29 is 68.2 Å². The Morgan fingerprint density at radius 2 is 1.00 bits per heavy atom. The number of aliphatic hydroxyl groups excluding tert-OH is 6. The van der Waals surface area contributed by atoms with Crippen molar-refractivity contribution in [2.45, 2.75) is 210 Å². The average molecular weight is 927 g/mol. The molecule has 1 aliphatic carbocycles. The number of hydrogen-bond donors (Lipinski definition) is 7. The lowest BCUT2D eigenvalue weighted by Crippen LogP contribution is -2.64. The summed E-state index contributed by atoms with van der Waals surface area (Å²) in [6.07, 6.45) is 31.5. The molecule has 0 aliphatic heterocycles. The first-order valence-corrected chi connectivity index (χ1v) is 25.3. The van der Waals surface area contributed by atoms with Gasteiger partial charge in [0.15, 0.2) is 6.10 Å². The van der Waals surface area contributed by atoms with E-state index < -0.39 is 75.7 Å². The van der Waals surface area contributed by atoms with E-state index in [1.165, 1.54) is 19.3 Å². The third kappa shape index (κ3) is 30.5. The standard InChI is InChI=1S/C49H83O14P/c1-3-5-6-7-8-9-10-11-12-13-14-17-20-23-26-29-32-36-42(51)60-38-41(39-61-64(58,59)63-49-47(56)45(54)44(53)46(55)48(49)57)62-43(52)37-33-30-27-24-21-18-15-16-19-22-25-28-31-35-40(50)34-4-2/h8-9,11-12,15,18-19,22,24,27-28,31,40-41,44-50,53-57H,3-7,10,13-14,16-17,20-21,23,25-26,29-30,32-39H2,1-2H3,(H,58,59)/b9-8-,12-11-,18-15-,22-19-,27-24-,31-28-/t40?,41-,44?,45-,46+,47-,48-,49?/m1/s1. The lowest BCUT2D eigenvalue weighted by molar-refractivity contribution is -0.220. The monoisotopic (exact) mass is 927 g/mol. The summed E-state index contributed by atoms with van der Waals surface area (Å²) in [7, 11) is -5.15. The van der Waals surface area contributed by atoms with Gasteiger partial charge in [-0.15, -0.1) is 0 Å². The number of hydrogen-bond acceptors (Lipinski definition) is 13. The summed E-state index contributed by atoms with van der Waals surface area (Å²) in [5, 5.41) is 59.9. The fraction of sp³-hybridized carbons (Fsp3) is 0.714. The van der Waals surface area contributed by atoms with Gasteiger partial charge in [0.25, 0.3) is 0 Å². The molecule has 14 nitrogen and oxygen atoms in total. The predicted octanol–water partition coefficient (Wildman–Crippen LogP) is 8.47. The van der Waals surface area contributed by atoms with Crippen LogP contribution in [0.1, 0.15) is 162 Å². The van der Waals surface area contributed by atoms with Gasteiger partial charge < -0.3 is 45.0 Å². The highest BCUT2D eigenvalue weighted by molar-refractivity contribution is 7.47. The lowest BCUT2D eigenvalue weighted by atomic mass is 9.85. The minimum absolute atomic E-state index is 0.000825. The molecule has 0 bridgehead atoms. The van der Waals surface area contributed by atoms with Crippen LogP contribution in [-0.4, -0.2) is 110 Å². The minimum Gasteiger partial charge on any atom is -0.462 e. The molecule has 64 heavy (non-hydrogen) atoms. The van der Waals surface area contributed by atoms with E-state index in [9.17, 15) is 49.7 Å². The molecular weight excluding hydrogens is 843 g/mol. The number of carbonyl (C=O) groups is 2. The quantitative estimate of drug-likeness (QED) is 0.0133. The summed E-state index contributed by atoms with van der Waals surface area (Å²) < 4.78 is 33.5. The number of rotatable bonds is 38. The van der Waals surface area contributed by atoms with E-state index in [0.29, 0.717) is 25.7 Å². The summed E-state index contributed by atoms with van der Waals surface area (Å²) in [4.78, 5) is 35.7. The second-order valence-electron chi connectivity index (χ2n) is 16.4. The summed E-state index contributed by atoms with van der Waals surface area (Å²) in [6.45, 7) is 3.02. The van der Waals surface area contributed by atoms with Gasteiger partial charge in [-0.3, -0.25) is 18.6 Å². The lowest BCUT2D eigenvalue weighted by Gasteiger charge is -2.41. The smallest absolute Gasteiger partial charge is 0.462 e. The molecule has 0 aromatic carbocycles. The minimum atomic E-state index is -5.15. The Labute approximate surface area is 383 Å². The Kier molecular flexibility index (Phi) is 35.5. The van der Waals surface area contributed by atoms with Crippen molar-refractivity contribution in [3.8, 4) is 0 Å². The molecule has 0 aromatic rings. The molecule has 0 amide bonds. The molecule has 7 N–H and O–H groups in total. The van der Waals surface area contributed by atoms with E-state index in [1.54, 1.807) is 0 Å². The average Bonchev–Trinajstić information content (AvgIpc) is 3.27. The Morgan fingerprint density at radius 3 is 1.55 bits per heavy atom. The zero-order valence-corrected chi connectivity index (χ0v) is 39.6. The van der Waals surface area contributed by atoms with Crippen molar-refractivity contribution in [2.24, 2.45) is 0 Å². The Balaban J connectivity index is 2.51. The number of allylic oxidation sites excluding steroid dienone is 11. The molecule has 0 saturated heterocycles. The second kappa shape index (κ2) is 38.4. The molecule has 1 fully saturated rings. The molecular formula is C49H83O14P. The van der Waals surface area contributed by atoms with Crippen LogP contribution >= 0.6 is 7.82 Å². The van der Waals surface area contributed by atoms with Crippen LogP contribution in [0, 0.1) is 0 Å². The van der Waals surface area contributed by atoms with Gasteiger partial charge >= 0.3 is 19.8 Å². The van der Waals surface area contributed by atoms with E-state index in [4.69, 9.17) is 18.5 Å². The molecule has 0 radical (unpaired) electrons. The third-order valence-electron chi connectivity index (χ3n) is 10.6. The van der Waals surface area contributed by atoms with E-state index in [1.807, 2.05) is 24.3 Å². The van der Waals surface area contributed by atoms with Crippen LogP contribution in [0.25, 0.3) is 0 Å². The first kappa shape index (κ1) is 59.3. The number of carbonyl (C=O) groups excluding carboxylic acids is 2. The van der Waals surface area contributed by atoms with Gasteiger partial charge in [-0.2, -0.15) is 0 Å². The molecule has 0 heterocycles. The Bertz CT molecular complexity index is 1410. The highest BCUT2D eigenvalue weighted by Gasteiger charge is 2.51. The van der Waals surface area contributed by atoms with E-state index in [-0.39, 0.29) is 18.9 Å². The molecule has 0 aromatic heterocycles. The maximum absolute atomic E-state index is 12.8. The molecule has 1 saturated carbocycles. The van der Waals surface area contributed by atoms with Crippen molar-refractivity contribution in [3.63, 3.8) is 0 Å². The van der Waals surface area contributed by atoms with Crippen molar-refractivity contribution in [1.82, 2.24) is 0 Å². The normalized spacial score (nSPS) is 22.7. The number of aliphatic hydroxyl groups is 6. The summed E-state index contributed by atoms with van der Waals surface area (Å²) in [6, 6.07) is 0. The van der Waals surface area contributed by atoms with Gasteiger partial charge in [0.05, 0.1) is 12.7 Å². The zero-order chi connectivity index (χ0) is 47.3. The molecule has 0 spiro atoms. The van der Waals surface area contributed by atoms with Gasteiger partial charge in [0.1, 0.15) is 43.2 Å². The molecule has 1 rings (SSSR count). The van der Waals surface area contributed by atoms with Crippen molar-refractivity contribution >= 4 is 19.8 Å². The van der Waals surface area contributed by atoms with Crippen molar-refractivity contribution in [3.05, 3.63) is 72.9 Å². The van der Waals surface area contributed by atoms with Crippen LogP contribution in [0.4, 0.5) is 0 Å². The summed E-state index contributed by atoms with van der Waals surface area (Å²) >= 11 is 0. The number of unbranched alkanes of at least 4 members (excludes halogenated alkanes) is 11. The first-order chi connectivity index (χ1) is 30.8.